The minimum absolute atomic E-state index is 0.124. The van der Waals surface area contributed by atoms with Gasteiger partial charge in [0, 0.05) is 5.56 Å². The highest BCUT2D eigenvalue weighted by molar-refractivity contribution is 6.20. The maximum absolute atomic E-state index is 12.9. The fourth-order valence-corrected chi connectivity index (χ4v) is 1.03. The zero-order valence-electron chi connectivity index (χ0n) is 6.44. The largest absolute Gasteiger partial charge is 0.301 e. The maximum atomic E-state index is 12.9. The lowest BCUT2D eigenvalue weighted by molar-refractivity contribution is 0.574. The standard InChI is InChI=1S/C8H8ClF2N/c1-12-8(9)6-4-5(10)2-3-7(6)11/h2-4,8,12H,1H3. The van der Waals surface area contributed by atoms with E-state index in [9.17, 15) is 8.78 Å². The van der Waals surface area contributed by atoms with Crippen molar-refractivity contribution >= 4 is 11.6 Å². The van der Waals surface area contributed by atoms with Gasteiger partial charge in [-0.05, 0) is 25.2 Å². The molecule has 0 saturated carbocycles. The molecule has 1 unspecified atom stereocenters. The monoisotopic (exact) mass is 191 g/mol. The van der Waals surface area contributed by atoms with Crippen LogP contribution in [0.5, 0.6) is 0 Å². The molecular formula is C8H8ClF2N. The number of nitrogens with one attached hydrogen (secondary N) is 1. The molecule has 66 valence electrons. The molecule has 0 spiro atoms. The molecule has 0 saturated heterocycles. The first-order valence-corrected chi connectivity index (χ1v) is 3.85. The highest BCUT2D eigenvalue weighted by Crippen LogP contribution is 2.20. The molecule has 12 heavy (non-hydrogen) atoms. The molecule has 0 aromatic heterocycles. The van der Waals surface area contributed by atoms with Crippen LogP contribution in [-0.2, 0) is 0 Å². The summed E-state index contributed by atoms with van der Waals surface area (Å²) in [6.45, 7) is 0. The topological polar surface area (TPSA) is 12.0 Å². The van der Waals surface area contributed by atoms with Gasteiger partial charge in [-0.1, -0.05) is 0 Å². The lowest BCUT2D eigenvalue weighted by atomic mass is 10.2. The molecule has 1 N–H and O–H groups in total. The third-order valence-electron chi connectivity index (χ3n) is 1.48. The van der Waals surface area contributed by atoms with Crippen molar-refractivity contribution in [1.82, 2.24) is 5.32 Å². The third kappa shape index (κ3) is 1.93. The highest BCUT2D eigenvalue weighted by Gasteiger charge is 2.11. The molecule has 1 rings (SSSR count). The summed E-state index contributed by atoms with van der Waals surface area (Å²) in [6.07, 6.45) is 0. The molecule has 0 aliphatic carbocycles. The molecule has 0 aliphatic heterocycles. The summed E-state index contributed by atoms with van der Waals surface area (Å²) in [5.41, 5.74) is -0.570. The fourth-order valence-electron chi connectivity index (χ4n) is 0.864. The smallest absolute Gasteiger partial charge is 0.129 e. The Morgan fingerprint density at radius 2 is 2.08 bits per heavy atom. The molecule has 0 aliphatic rings. The van der Waals surface area contributed by atoms with Crippen LogP contribution < -0.4 is 5.32 Å². The van der Waals surface area contributed by atoms with Gasteiger partial charge in [-0.2, -0.15) is 0 Å². The molecule has 0 radical (unpaired) electrons. The van der Waals surface area contributed by atoms with Gasteiger partial charge in [-0.25, -0.2) is 8.78 Å². The van der Waals surface area contributed by atoms with Crippen LogP contribution in [0.2, 0.25) is 0 Å². The summed E-state index contributed by atoms with van der Waals surface area (Å²) in [5, 5.41) is 2.61. The molecule has 1 aromatic carbocycles. The molecule has 0 amide bonds. The number of alkyl halides is 1. The van der Waals surface area contributed by atoms with Crippen LogP contribution in [0.25, 0.3) is 0 Å². The van der Waals surface area contributed by atoms with Crippen molar-refractivity contribution in [3.8, 4) is 0 Å². The average molecular weight is 192 g/mol. The zero-order chi connectivity index (χ0) is 9.14. The Hall–Kier alpha value is -0.670. The van der Waals surface area contributed by atoms with Crippen molar-refractivity contribution in [1.29, 1.82) is 0 Å². The van der Waals surface area contributed by atoms with E-state index >= 15 is 0 Å². The minimum atomic E-state index is -0.694. The Bertz CT molecular complexity index is 278. The number of rotatable bonds is 2. The van der Waals surface area contributed by atoms with Gasteiger partial charge in [0.2, 0.25) is 0 Å². The van der Waals surface area contributed by atoms with Gasteiger partial charge in [0.15, 0.2) is 0 Å². The van der Waals surface area contributed by atoms with E-state index < -0.39 is 17.1 Å². The first-order chi connectivity index (χ1) is 5.65. The van der Waals surface area contributed by atoms with E-state index in [1.165, 1.54) is 0 Å². The lowest BCUT2D eigenvalue weighted by Gasteiger charge is -2.08. The highest BCUT2D eigenvalue weighted by atomic mass is 35.5. The average Bonchev–Trinajstić information content (AvgIpc) is 2.08. The van der Waals surface area contributed by atoms with Crippen LogP contribution in [0.4, 0.5) is 8.78 Å². The van der Waals surface area contributed by atoms with Crippen molar-refractivity contribution in [2.75, 3.05) is 7.05 Å². The van der Waals surface area contributed by atoms with Crippen molar-refractivity contribution < 1.29 is 8.78 Å². The zero-order valence-corrected chi connectivity index (χ0v) is 7.20. The molecule has 0 heterocycles. The van der Waals surface area contributed by atoms with E-state index in [4.69, 9.17) is 11.6 Å². The van der Waals surface area contributed by atoms with Crippen LogP contribution in [0.1, 0.15) is 11.1 Å². The molecular weight excluding hydrogens is 184 g/mol. The van der Waals surface area contributed by atoms with Crippen LogP contribution in [0.15, 0.2) is 18.2 Å². The summed E-state index contributed by atoms with van der Waals surface area (Å²) in [4.78, 5) is 0. The van der Waals surface area contributed by atoms with Gasteiger partial charge < -0.3 is 5.32 Å². The Kier molecular flexibility index (Phi) is 3.00. The van der Waals surface area contributed by atoms with Crippen LogP contribution in [0.3, 0.4) is 0 Å². The molecule has 0 fully saturated rings. The Balaban J connectivity index is 3.04. The minimum Gasteiger partial charge on any atom is -0.301 e. The molecule has 1 aromatic rings. The van der Waals surface area contributed by atoms with Gasteiger partial charge >= 0.3 is 0 Å². The summed E-state index contributed by atoms with van der Waals surface area (Å²) >= 11 is 5.65. The summed E-state index contributed by atoms with van der Waals surface area (Å²) in [7, 11) is 1.57. The maximum Gasteiger partial charge on any atom is 0.129 e. The number of hydrogen-bond donors (Lipinski definition) is 1. The SMILES string of the molecule is CNC(Cl)c1cc(F)ccc1F. The van der Waals surface area contributed by atoms with E-state index in [0.29, 0.717) is 0 Å². The lowest BCUT2D eigenvalue weighted by Crippen LogP contribution is -2.11. The van der Waals surface area contributed by atoms with Crippen LogP contribution >= 0.6 is 11.6 Å². The predicted molar refractivity (Wildman–Crippen MR) is 44.0 cm³/mol. The van der Waals surface area contributed by atoms with E-state index in [2.05, 4.69) is 5.32 Å². The summed E-state index contributed by atoms with van der Waals surface area (Å²) < 4.78 is 25.5. The Morgan fingerprint density at radius 1 is 1.42 bits per heavy atom. The predicted octanol–water partition coefficient (Wildman–Crippen LogP) is 2.42. The van der Waals surface area contributed by atoms with Gasteiger partial charge in [0.05, 0.1) is 0 Å². The van der Waals surface area contributed by atoms with E-state index in [1.807, 2.05) is 0 Å². The second-order valence-corrected chi connectivity index (χ2v) is 2.75. The number of hydrogen-bond acceptors (Lipinski definition) is 1. The van der Waals surface area contributed by atoms with Gasteiger partial charge in [-0.15, -0.1) is 11.6 Å². The number of halogens is 3. The van der Waals surface area contributed by atoms with E-state index in [1.54, 1.807) is 7.05 Å². The van der Waals surface area contributed by atoms with Crippen molar-refractivity contribution in [3.63, 3.8) is 0 Å². The quantitative estimate of drug-likeness (QED) is 0.559. The summed E-state index contributed by atoms with van der Waals surface area (Å²) in [5.74, 6) is -1.00. The van der Waals surface area contributed by atoms with Gasteiger partial charge in [-0.3, -0.25) is 0 Å². The Labute approximate surface area is 74.3 Å². The molecule has 0 bridgehead atoms. The van der Waals surface area contributed by atoms with Crippen molar-refractivity contribution in [2.45, 2.75) is 5.50 Å². The van der Waals surface area contributed by atoms with Crippen LogP contribution in [0, 0.1) is 11.6 Å². The summed E-state index contributed by atoms with van der Waals surface area (Å²) in [6, 6.07) is 3.18. The molecule has 1 atom stereocenters. The van der Waals surface area contributed by atoms with Gasteiger partial charge in [0.25, 0.3) is 0 Å². The normalized spacial score (nSPS) is 13.0. The fraction of sp³-hybridized carbons (Fsp3) is 0.250. The Morgan fingerprint density at radius 3 is 2.67 bits per heavy atom. The van der Waals surface area contributed by atoms with E-state index in [-0.39, 0.29) is 5.56 Å². The first kappa shape index (κ1) is 9.42. The second kappa shape index (κ2) is 3.83. The van der Waals surface area contributed by atoms with Crippen LogP contribution in [-0.4, -0.2) is 7.05 Å². The molecule has 4 heteroatoms. The van der Waals surface area contributed by atoms with Gasteiger partial charge in [0.1, 0.15) is 17.1 Å². The van der Waals surface area contributed by atoms with E-state index in [0.717, 1.165) is 18.2 Å². The van der Waals surface area contributed by atoms with Crippen molar-refractivity contribution in [3.05, 3.63) is 35.4 Å². The first-order valence-electron chi connectivity index (χ1n) is 3.41. The number of benzene rings is 1. The molecule has 1 nitrogen and oxygen atoms in total. The second-order valence-electron chi connectivity index (χ2n) is 2.32. The third-order valence-corrected chi connectivity index (χ3v) is 1.94. The van der Waals surface area contributed by atoms with Crippen molar-refractivity contribution in [2.24, 2.45) is 0 Å².